The van der Waals surface area contributed by atoms with E-state index < -0.39 is 24.6 Å². The van der Waals surface area contributed by atoms with Crippen LogP contribution in [0.2, 0.25) is 0 Å². The van der Waals surface area contributed by atoms with Crippen molar-refractivity contribution in [2.75, 3.05) is 13.2 Å². The summed E-state index contributed by atoms with van der Waals surface area (Å²) in [6.07, 6.45) is -0.695. The maximum atomic E-state index is 12.1. The molecule has 5 nitrogen and oxygen atoms in total. The Labute approximate surface area is 176 Å². The molecule has 0 saturated carbocycles. The van der Waals surface area contributed by atoms with E-state index in [2.05, 4.69) is 29.6 Å². The number of ether oxygens (including phenoxy) is 1. The Kier molecular flexibility index (Phi) is 7.75. The van der Waals surface area contributed by atoms with Gasteiger partial charge in [0.15, 0.2) is 12.7 Å². The topological polar surface area (TPSA) is 75.6 Å². The molecule has 0 heterocycles. The third kappa shape index (κ3) is 6.03. The number of hydrogen-bond acceptors (Lipinski definition) is 4. The van der Waals surface area contributed by atoms with Crippen molar-refractivity contribution in [2.24, 2.45) is 0 Å². The normalized spacial score (nSPS) is 11.7. The van der Waals surface area contributed by atoms with Crippen LogP contribution in [0.15, 0.2) is 91.0 Å². The summed E-state index contributed by atoms with van der Waals surface area (Å²) in [5.74, 6) is -1.10. The summed E-state index contributed by atoms with van der Waals surface area (Å²) in [4.78, 5) is 24.0. The van der Waals surface area contributed by atoms with Gasteiger partial charge in [0, 0.05) is 12.5 Å². The van der Waals surface area contributed by atoms with Crippen molar-refractivity contribution in [3.63, 3.8) is 0 Å². The molecule has 1 amide bonds. The number of aliphatic hydroxyl groups is 1. The minimum Gasteiger partial charge on any atom is -0.453 e. The summed E-state index contributed by atoms with van der Waals surface area (Å²) in [5.41, 5.74) is 2.78. The van der Waals surface area contributed by atoms with Crippen molar-refractivity contribution in [3.05, 3.63) is 108 Å². The predicted molar refractivity (Wildman–Crippen MR) is 115 cm³/mol. The van der Waals surface area contributed by atoms with Crippen LogP contribution < -0.4 is 5.32 Å². The average Bonchev–Trinajstić information content (AvgIpc) is 2.81. The number of carbonyl (C=O) groups excluding carboxylic acids is 2. The molecule has 3 rings (SSSR count). The van der Waals surface area contributed by atoms with Gasteiger partial charge in [-0.05, 0) is 23.1 Å². The highest BCUT2D eigenvalue weighted by atomic mass is 16.5. The van der Waals surface area contributed by atoms with E-state index in [1.165, 1.54) is 11.1 Å². The Hall–Kier alpha value is -3.44. The van der Waals surface area contributed by atoms with Crippen LogP contribution in [-0.4, -0.2) is 30.1 Å². The Balaban J connectivity index is 1.49. The van der Waals surface area contributed by atoms with Gasteiger partial charge in [0.2, 0.25) is 0 Å². The summed E-state index contributed by atoms with van der Waals surface area (Å²) in [6, 6.07) is 28.7. The van der Waals surface area contributed by atoms with Crippen molar-refractivity contribution >= 4 is 11.9 Å². The number of rotatable bonds is 9. The van der Waals surface area contributed by atoms with Crippen molar-refractivity contribution in [3.8, 4) is 0 Å². The molecule has 3 aromatic rings. The third-order valence-electron chi connectivity index (χ3n) is 4.84. The van der Waals surface area contributed by atoms with Crippen LogP contribution in [0.5, 0.6) is 0 Å². The molecular formula is C25H25NO4. The number of aliphatic hydroxyl groups excluding tert-OH is 1. The van der Waals surface area contributed by atoms with Crippen LogP contribution in [0.3, 0.4) is 0 Å². The van der Waals surface area contributed by atoms with Gasteiger partial charge in [-0.15, -0.1) is 0 Å². The molecule has 0 aromatic heterocycles. The number of esters is 1. The fraction of sp³-hybridized carbons (Fsp3) is 0.200. The summed E-state index contributed by atoms with van der Waals surface area (Å²) < 4.78 is 4.95. The van der Waals surface area contributed by atoms with E-state index in [9.17, 15) is 14.7 Å². The Morgan fingerprint density at radius 2 is 1.23 bits per heavy atom. The molecule has 3 aromatic carbocycles. The van der Waals surface area contributed by atoms with Gasteiger partial charge < -0.3 is 15.2 Å². The molecule has 0 saturated heterocycles. The van der Waals surface area contributed by atoms with E-state index in [0.29, 0.717) is 18.5 Å². The number of carbonyl (C=O) groups is 2. The summed E-state index contributed by atoms with van der Waals surface area (Å²) in [7, 11) is 0. The Morgan fingerprint density at radius 3 is 1.73 bits per heavy atom. The van der Waals surface area contributed by atoms with Crippen molar-refractivity contribution in [2.45, 2.75) is 18.4 Å². The second kappa shape index (κ2) is 10.9. The molecule has 0 aliphatic carbocycles. The van der Waals surface area contributed by atoms with E-state index in [4.69, 9.17) is 4.74 Å². The van der Waals surface area contributed by atoms with Gasteiger partial charge in [-0.1, -0.05) is 91.0 Å². The Bertz CT molecular complexity index is 890. The number of amides is 1. The molecule has 0 aliphatic rings. The lowest BCUT2D eigenvalue weighted by atomic mass is 9.88. The first-order valence-electron chi connectivity index (χ1n) is 9.91. The minimum atomic E-state index is -1.40. The van der Waals surface area contributed by atoms with E-state index in [1.807, 2.05) is 36.4 Å². The van der Waals surface area contributed by atoms with Gasteiger partial charge in [0.1, 0.15) is 0 Å². The van der Waals surface area contributed by atoms with E-state index in [-0.39, 0.29) is 5.92 Å². The van der Waals surface area contributed by atoms with Gasteiger partial charge in [-0.25, -0.2) is 4.79 Å². The van der Waals surface area contributed by atoms with Crippen molar-refractivity contribution in [1.82, 2.24) is 5.32 Å². The smallest absolute Gasteiger partial charge is 0.340 e. The summed E-state index contributed by atoms with van der Waals surface area (Å²) >= 11 is 0. The molecule has 0 spiro atoms. The maximum absolute atomic E-state index is 12.1. The maximum Gasteiger partial charge on any atom is 0.340 e. The largest absolute Gasteiger partial charge is 0.453 e. The predicted octanol–water partition coefficient (Wildman–Crippen LogP) is 3.60. The van der Waals surface area contributed by atoms with Crippen molar-refractivity contribution < 1.29 is 19.4 Å². The fourth-order valence-corrected chi connectivity index (χ4v) is 3.29. The monoisotopic (exact) mass is 403 g/mol. The molecule has 0 fully saturated rings. The molecule has 1 atom stereocenters. The quantitative estimate of drug-likeness (QED) is 0.535. The number of nitrogens with one attached hydrogen (secondary N) is 1. The van der Waals surface area contributed by atoms with E-state index in [0.717, 1.165) is 0 Å². The van der Waals surface area contributed by atoms with Crippen LogP contribution >= 0.6 is 0 Å². The number of hydrogen-bond donors (Lipinski definition) is 2. The SMILES string of the molecule is O=C(COC(=O)[C@H](O)c1ccccc1)NCCC(c1ccccc1)c1ccccc1. The van der Waals surface area contributed by atoms with Gasteiger partial charge in [-0.2, -0.15) is 0 Å². The van der Waals surface area contributed by atoms with Gasteiger partial charge in [-0.3, -0.25) is 4.79 Å². The molecular weight excluding hydrogens is 378 g/mol. The molecule has 0 radical (unpaired) electrons. The standard InChI is InChI=1S/C25H25NO4/c27-23(18-30-25(29)24(28)21-14-8-3-9-15-21)26-17-16-22(19-10-4-1-5-11-19)20-12-6-2-7-13-20/h1-15,22,24,28H,16-18H2,(H,26,27)/t24-/m1/s1. The van der Waals surface area contributed by atoms with Crippen LogP contribution in [0.25, 0.3) is 0 Å². The average molecular weight is 403 g/mol. The van der Waals surface area contributed by atoms with Gasteiger partial charge in [0.25, 0.3) is 5.91 Å². The summed E-state index contributed by atoms with van der Waals surface area (Å²) in [5, 5.41) is 12.8. The second-order valence-electron chi connectivity index (χ2n) is 6.93. The highest BCUT2D eigenvalue weighted by molar-refractivity contribution is 5.82. The van der Waals surface area contributed by atoms with Crippen LogP contribution in [0.4, 0.5) is 0 Å². The molecule has 30 heavy (non-hydrogen) atoms. The molecule has 2 N–H and O–H groups in total. The Morgan fingerprint density at radius 1 is 0.767 bits per heavy atom. The van der Waals surface area contributed by atoms with Crippen LogP contribution in [-0.2, 0) is 14.3 Å². The minimum absolute atomic E-state index is 0.148. The molecule has 0 aliphatic heterocycles. The molecule has 154 valence electrons. The highest BCUT2D eigenvalue weighted by Crippen LogP contribution is 2.27. The van der Waals surface area contributed by atoms with Gasteiger partial charge in [0.05, 0.1) is 0 Å². The van der Waals surface area contributed by atoms with Crippen LogP contribution in [0.1, 0.15) is 35.1 Å². The van der Waals surface area contributed by atoms with E-state index in [1.54, 1.807) is 30.3 Å². The third-order valence-corrected chi connectivity index (χ3v) is 4.84. The zero-order valence-corrected chi connectivity index (χ0v) is 16.6. The zero-order valence-electron chi connectivity index (χ0n) is 16.6. The first kappa shape index (κ1) is 21.3. The lowest BCUT2D eigenvalue weighted by Crippen LogP contribution is -2.31. The lowest BCUT2D eigenvalue weighted by molar-refractivity contribution is -0.157. The van der Waals surface area contributed by atoms with Crippen LogP contribution in [0, 0.1) is 0 Å². The molecule has 0 unspecified atom stereocenters. The van der Waals surface area contributed by atoms with E-state index >= 15 is 0 Å². The van der Waals surface area contributed by atoms with Crippen molar-refractivity contribution in [1.29, 1.82) is 0 Å². The molecule has 0 bridgehead atoms. The lowest BCUT2D eigenvalue weighted by Gasteiger charge is -2.18. The number of benzene rings is 3. The molecule has 5 heteroatoms. The van der Waals surface area contributed by atoms with Gasteiger partial charge >= 0.3 is 5.97 Å². The fourth-order valence-electron chi connectivity index (χ4n) is 3.29. The highest BCUT2D eigenvalue weighted by Gasteiger charge is 2.20. The zero-order chi connectivity index (χ0) is 21.2. The second-order valence-corrected chi connectivity index (χ2v) is 6.93. The first-order valence-corrected chi connectivity index (χ1v) is 9.91. The summed E-state index contributed by atoms with van der Waals surface area (Å²) in [6.45, 7) is 0.0101. The first-order chi connectivity index (χ1) is 14.6.